The Morgan fingerprint density at radius 3 is 1.22 bits per heavy atom. The highest BCUT2D eigenvalue weighted by molar-refractivity contribution is 5.28. The SMILES string of the molecule is OCC1(c2ccccc2)COC2(OC1)OCC(CO)(c1ccccc1)CO2. The number of aliphatic hydroxyl groups excluding tert-OH is 2. The van der Waals surface area contributed by atoms with Gasteiger partial charge in [0.2, 0.25) is 0 Å². The zero-order valence-corrected chi connectivity index (χ0v) is 15.0. The van der Waals surface area contributed by atoms with Gasteiger partial charge in [0.1, 0.15) is 0 Å². The van der Waals surface area contributed by atoms with E-state index in [1.165, 1.54) is 0 Å². The van der Waals surface area contributed by atoms with Crippen molar-refractivity contribution in [2.75, 3.05) is 39.6 Å². The van der Waals surface area contributed by atoms with E-state index in [1.54, 1.807) is 0 Å². The van der Waals surface area contributed by atoms with Gasteiger partial charge in [0, 0.05) is 0 Å². The van der Waals surface area contributed by atoms with E-state index in [9.17, 15) is 10.2 Å². The lowest BCUT2D eigenvalue weighted by Crippen LogP contribution is -2.61. The third-order valence-electron chi connectivity index (χ3n) is 5.48. The van der Waals surface area contributed by atoms with Crippen molar-refractivity contribution in [3.63, 3.8) is 0 Å². The average molecular weight is 372 g/mol. The molecule has 0 radical (unpaired) electrons. The summed E-state index contributed by atoms with van der Waals surface area (Å²) >= 11 is 0. The Bertz CT molecular complexity index is 663. The van der Waals surface area contributed by atoms with Crippen molar-refractivity contribution in [2.24, 2.45) is 0 Å². The van der Waals surface area contributed by atoms with Crippen LogP contribution in [0.15, 0.2) is 60.7 Å². The van der Waals surface area contributed by atoms with Crippen LogP contribution in [-0.2, 0) is 29.8 Å². The summed E-state index contributed by atoms with van der Waals surface area (Å²) in [5, 5.41) is 20.0. The lowest BCUT2D eigenvalue weighted by atomic mass is 9.81. The van der Waals surface area contributed by atoms with Crippen LogP contribution in [0, 0.1) is 0 Å². The van der Waals surface area contributed by atoms with Gasteiger partial charge >= 0.3 is 6.16 Å². The Labute approximate surface area is 158 Å². The number of aliphatic hydroxyl groups is 2. The summed E-state index contributed by atoms with van der Waals surface area (Å²) < 4.78 is 23.3. The van der Waals surface area contributed by atoms with Gasteiger partial charge in [-0.1, -0.05) is 60.7 Å². The maximum atomic E-state index is 9.98. The summed E-state index contributed by atoms with van der Waals surface area (Å²) in [7, 11) is 0. The van der Waals surface area contributed by atoms with E-state index < -0.39 is 17.0 Å². The molecule has 2 fully saturated rings. The molecular weight excluding hydrogens is 348 g/mol. The molecule has 0 bridgehead atoms. The molecule has 0 aromatic heterocycles. The standard InChI is InChI=1S/C21H24O6/c22-11-19(17-7-3-1-4-8-17)13-24-21(25-14-19)26-15-20(12-23,16-27-21)18-9-5-2-6-10-18/h1-10,22-23H,11-16H2. The van der Waals surface area contributed by atoms with Gasteiger partial charge in [-0.2, -0.15) is 0 Å². The zero-order valence-electron chi connectivity index (χ0n) is 15.0. The first-order valence-corrected chi connectivity index (χ1v) is 9.05. The second kappa shape index (κ2) is 7.31. The summed E-state index contributed by atoms with van der Waals surface area (Å²) in [6.07, 6.45) is -1.60. The van der Waals surface area contributed by atoms with E-state index in [1.807, 2.05) is 60.7 Å². The summed E-state index contributed by atoms with van der Waals surface area (Å²) in [6, 6.07) is 19.3. The molecule has 1 spiro atoms. The van der Waals surface area contributed by atoms with Gasteiger partial charge < -0.3 is 29.2 Å². The molecule has 2 saturated heterocycles. The van der Waals surface area contributed by atoms with Crippen LogP contribution in [0.4, 0.5) is 0 Å². The lowest BCUT2D eigenvalue weighted by Gasteiger charge is -2.49. The molecule has 2 aliphatic rings. The highest BCUT2D eigenvalue weighted by atomic mass is 17.0. The maximum Gasteiger partial charge on any atom is 0.412 e. The molecular formula is C21H24O6. The summed E-state index contributed by atoms with van der Waals surface area (Å²) in [5.41, 5.74) is 0.549. The fraction of sp³-hybridized carbons (Fsp3) is 0.429. The van der Waals surface area contributed by atoms with Crippen molar-refractivity contribution in [3.05, 3.63) is 71.8 Å². The van der Waals surface area contributed by atoms with E-state index in [4.69, 9.17) is 18.9 Å². The third kappa shape index (κ3) is 3.29. The molecule has 144 valence electrons. The number of hydrogen-bond donors (Lipinski definition) is 2. The Balaban J connectivity index is 1.47. The van der Waals surface area contributed by atoms with Gasteiger partial charge in [0.05, 0.1) is 50.5 Å². The zero-order chi connectivity index (χ0) is 18.8. The van der Waals surface area contributed by atoms with Crippen LogP contribution < -0.4 is 0 Å². The molecule has 2 aromatic carbocycles. The third-order valence-corrected chi connectivity index (χ3v) is 5.48. The predicted molar refractivity (Wildman–Crippen MR) is 97.0 cm³/mol. The molecule has 2 heterocycles. The van der Waals surface area contributed by atoms with Gasteiger partial charge in [0.25, 0.3) is 0 Å². The van der Waals surface area contributed by atoms with Crippen molar-refractivity contribution >= 4 is 0 Å². The molecule has 0 atom stereocenters. The van der Waals surface area contributed by atoms with Crippen molar-refractivity contribution in [2.45, 2.75) is 17.0 Å². The molecule has 27 heavy (non-hydrogen) atoms. The second-order valence-corrected chi connectivity index (χ2v) is 7.26. The summed E-state index contributed by atoms with van der Waals surface area (Å²) in [5.74, 6) is 0. The normalized spacial score (nSPS) is 33.9. The molecule has 0 aliphatic carbocycles. The smallest absolute Gasteiger partial charge is 0.395 e. The summed E-state index contributed by atoms with van der Waals surface area (Å²) in [4.78, 5) is 0. The highest BCUT2D eigenvalue weighted by Crippen LogP contribution is 2.40. The summed E-state index contributed by atoms with van der Waals surface area (Å²) in [6.45, 7) is 0.571. The monoisotopic (exact) mass is 372 g/mol. The number of hydrogen-bond acceptors (Lipinski definition) is 6. The van der Waals surface area contributed by atoms with Crippen molar-refractivity contribution in [1.29, 1.82) is 0 Å². The van der Waals surface area contributed by atoms with E-state index in [2.05, 4.69) is 0 Å². The Morgan fingerprint density at radius 2 is 0.926 bits per heavy atom. The van der Waals surface area contributed by atoms with E-state index in [-0.39, 0.29) is 39.6 Å². The first-order chi connectivity index (χ1) is 13.2. The first-order valence-electron chi connectivity index (χ1n) is 9.05. The van der Waals surface area contributed by atoms with Crippen LogP contribution in [0.2, 0.25) is 0 Å². The van der Waals surface area contributed by atoms with Crippen molar-refractivity contribution in [3.8, 4) is 0 Å². The minimum Gasteiger partial charge on any atom is -0.395 e. The minimum atomic E-state index is -1.60. The van der Waals surface area contributed by atoms with Crippen LogP contribution in [0.3, 0.4) is 0 Å². The van der Waals surface area contributed by atoms with Crippen LogP contribution in [0.5, 0.6) is 0 Å². The van der Waals surface area contributed by atoms with Crippen molar-refractivity contribution in [1.82, 2.24) is 0 Å². The molecule has 0 unspecified atom stereocenters. The average Bonchev–Trinajstić information content (AvgIpc) is 2.77. The van der Waals surface area contributed by atoms with Crippen LogP contribution in [-0.4, -0.2) is 56.0 Å². The maximum absolute atomic E-state index is 9.98. The topological polar surface area (TPSA) is 77.4 Å². The molecule has 4 rings (SSSR count). The molecule has 0 saturated carbocycles. The Hall–Kier alpha value is -1.80. The van der Waals surface area contributed by atoms with E-state index in [0.29, 0.717) is 0 Å². The van der Waals surface area contributed by atoms with Crippen LogP contribution >= 0.6 is 0 Å². The second-order valence-electron chi connectivity index (χ2n) is 7.26. The van der Waals surface area contributed by atoms with Crippen LogP contribution in [0.25, 0.3) is 0 Å². The number of rotatable bonds is 4. The molecule has 6 nitrogen and oxygen atoms in total. The fourth-order valence-corrected chi connectivity index (χ4v) is 3.52. The molecule has 6 heteroatoms. The number of ether oxygens (including phenoxy) is 4. The van der Waals surface area contributed by atoms with Gasteiger partial charge in [-0.25, -0.2) is 0 Å². The van der Waals surface area contributed by atoms with E-state index >= 15 is 0 Å². The quantitative estimate of drug-likeness (QED) is 0.848. The predicted octanol–water partition coefficient (Wildman–Crippen LogP) is 1.55. The lowest BCUT2D eigenvalue weighted by molar-refractivity contribution is -0.539. The van der Waals surface area contributed by atoms with Crippen molar-refractivity contribution < 1.29 is 29.2 Å². The van der Waals surface area contributed by atoms with Crippen LogP contribution in [0.1, 0.15) is 11.1 Å². The Kier molecular flexibility index (Phi) is 5.03. The fourth-order valence-electron chi connectivity index (χ4n) is 3.52. The minimum absolute atomic E-state index is 0.113. The van der Waals surface area contributed by atoms with Gasteiger partial charge in [-0.05, 0) is 11.1 Å². The molecule has 2 aliphatic heterocycles. The highest BCUT2D eigenvalue weighted by Gasteiger charge is 2.53. The largest absolute Gasteiger partial charge is 0.412 e. The molecule has 0 amide bonds. The van der Waals surface area contributed by atoms with Gasteiger partial charge in [-0.15, -0.1) is 0 Å². The van der Waals surface area contributed by atoms with Gasteiger partial charge in [-0.3, -0.25) is 0 Å². The Morgan fingerprint density at radius 1 is 0.593 bits per heavy atom. The van der Waals surface area contributed by atoms with E-state index in [0.717, 1.165) is 11.1 Å². The van der Waals surface area contributed by atoms with Gasteiger partial charge in [0.15, 0.2) is 0 Å². The number of benzene rings is 2. The molecule has 2 N–H and O–H groups in total. The molecule has 2 aromatic rings. The first kappa shape index (κ1) is 18.6.